The third-order valence-corrected chi connectivity index (χ3v) is 8.34. The molecule has 2 N–H and O–H groups in total. The molecular formula is C23H20Cl2FN3O2S2. The van der Waals surface area contributed by atoms with E-state index in [1.165, 1.54) is 34.6 Å². The Kier molecular flexibility index (Phi) is 6.81. The van der Waals surface area contributed by atoms with Gasteiger partial charge in [-0.3, -0.25) is 4.31 Å². The number of rotatable bonds is 4. The highest BCUT2D eigenvalue weighted by Gasteiger charge is 2.34. The van der Waals surface area contributed by atoms with Gasteiger partial charge in [0.05, 0.1) is 26.3 Å². The van der Waals surface area contributed by atoms with Crippen molar-refractivity contribution in [2.24, 2.45) is 0 Å². The van der Waals surface area contributed by atoms with E-state index >= 15 is 0 Å². The van der Waals surface area contributed by atoms with Crippen LogP contribution in [-0.4, -0.2) is 19.6 Å². The highest BCUT2D eigenvalue weighted by Crippen LogP contribution is 2.36. The van der Waals surface area contributed by atoms with Crippen LogP contribution in [-0.2, 0) is 16.4 Å². The van der Waals surface area contributed by atoms with E-state index in [-0.39, 0.29) is 21.9 Å². The largest absolute Gasteiger partial charge is 0.332 e. The number of halogens is 3. The summed E-state index contributed by atoms with van der Waals surface area (Å²) in [7, 11) is -3.84. The number of sulfonamides is 1. The zero-order valence-electron chi connectivity index (χ0n) is 17.5. The van der Waals surface area contributed by atoms with Gasteiger partial charge in [-0.25, -0.2) is 12.8 Å². The average molecular weight is 524 g/mol. The summed E-state index contributed by atoms with van der Waals surface area (Å²) in [6.07, 6.45) is 1.24. The minimum atomic E-state index is -3.84. The maximum atomic E-state index is 13.7. The van der Waals surface area contributed by atoms with Gasteiger partial charge in [0.1, 0.15) is 5.82 Å². The van der Waals surface area contributed by atoms with Crippen molar-refractivity contribution in [3.05, 3.63) is 82.1 Å². The van der Waals surface area contributed by atoms with Gasteiger partial charge in [-0.2, -0.15) is 0 Å². The molecule has 1 aliphatic heterocycles. The lowest BCUT2D eigenvalue weighted by atomic mass is 9.99. The molecule has 0 bridgehead atoms. The number of benzene rings is 3. The first-order valence-corrected chi connectivity index (χ1v) is 12.7. The van der Waals surface area contributed by atoms with Crippen molar-refractivity contribution in [1.29, 1.82) is 0 Å². The molecule has 0 saturated heterocycles. The van der Waals surface area contributed by atoms with Crippen LogP contribution in [0, 0.1) is 5.82 Å². The number of nitrogens with zero attached hydrogens (tertiary/aromatic N) is 1. The van der Waals surface area contributed by atoms with Crippen LogP contribution in [0.15, 0.2) is 65.6 Å². The Morgan fingerprint density at radius 2 is 1.82 bits per heavy atom. The van der Waals surface area contributed by atoms with Crippen molar-refractivity contribution < 1.29 is 12.8 Å². The van der Waals surface area contributed by atoms with E-state index in [1.54, 1.807) is 30.3 Å². The summed E-state index contributed by atoms with van der Waals surface area (Å²) in [6.45, 7) is 1.85. The van der Waals surface area contributed by atoms with Gasteiger partial charge in [0, 0.05) is 11.7 Å². The molecule has 0 spiro atoms. The Labute approximate surface area is 207 Å². The molecule has 0 radical (unpaired) electrons. The molecule has 4 rings (SSSR count). The molecule has 3 aromatic rings. The molecule has 1 atom stereocenters. The second kappa shape index (κ2) is 9.46. The van der Waals surface area contributed by atoms with Gasteiger partial charge >= 0.3 is 0 Å². The van der Waals surface area contributed by atoms with Crippen molar-refractivity contribution in [3.63, 3.8) is 0 Å². The first-order chi connectivity index (χ1) is 15.7. The Balaban J connectivity index is 1.53. The van der Waals surface area contributed by atoms with Crippen LogP contribution in [0.4, 0.5) is 21.5 Å². The summed E-state index contributed by atoms with van der Waals surface area (Å²) < 4.78 is 41.9. The second-order valence-electron chi connectivity index (χ2n) is 7.67. The van der Waals surface area contributed by atoms with Crippen LogP contribution in [0.1, 0.15) is 18.9 Å². The van der Waals surface area contributed by atoms with Crippen LogP contribution >= 0.6 is 35.4 Å². The Bertz CT molecular complexity index is 1320. The fourth-order valence-electron chi connectivity index (χ4n) is 3.76. The van der Waals surface area contributed by atoms with Crippen LogP contribution in [0.3, 0.4) is 0 Å². The first kappa shape index (κ1) is 23.8. The Morgan fingerprint density at radius 3 is 2.55 bits per heavy atom. The molecular weight excluding hydrogens is 504 g/mol. The van der Waals surface area contributed by atoms with E-state index in [0.29, 0.717) is 45.5 Å². The second-order valence-corrected chi connectivity index (χ2v) is 10.7. The summed E-state index contributed by atoms with van der Waals surface area (Å²) in [4.78, 5) is 0.133. The van der Waals surface area contributed by atoms with Gasteiger partial charge in [0.25, 0.3) is 10.0 Å². The third-order valence-electron chi connectivity index (χ3n) is 5.38. The molecule has 172 valence electrons. The van der Waals surface area contributed by atoms with Crippen LogP contribution < -0.4 is 14.9 Å². The van der Waals surface area contributed by atoms with E-state index in [4.69, 9.17) is 35.4 Å². The number of nitrogens with one attached hydrogen (secondary N) is 2. The quantitative estimate of drug-likeness (QED) is 0.383. The lowest BCUT2D eigenvalue weighted by Gasteiger charge is -2.36. The van der Waals surface area contributed by atoms with E-state index in [0.717, 1.165) is 0 Å². The number of anilines is 3. The fraction of sp³-hybridized carbons (Fsp3) is 0.174. The minimum Gasteiger partial charge on any atom is -0.332 e. The number of hydrogen-bond acceptors (Lipinski definition) is 3. The molecule has 0 amide bonds. The number of hydrogen-bond donors (Lipinski definition) is 2. The molecule has 1 heterocycles. The van der Waals surface area contributed by atoms with Crippen LogP contribution in [0.5, 0.6) is 0 Å². The normalized spacial score (nSPS) is 15.6. The SMILES string of the molecule is CC1CCc2cc(F)ccc2N1S(=O)(=O)c1ccc(NC(=S)Nc2cccc(Cl)c2Cl)cc1. The summed E-state index contributed by atoms with van der Waals surface area (Å²) in [5, 5.41) is 6.98. The van der Waals surface area contributed by atoms with E-state index in [2.05, 4.69) is 10.6 Å². The molecule has 0 fully saturated rings. The third kappa shape index (κ3) is 4.94. The smallest absolute Gasteiger partial charge is 0.264 e. The van der Waals surface area contributed by atoms with Gasteiger partial charge in [0.2, 0.25) is 0 Å². The summed E-state index contributed by atoms with van der Waals surface area (Å²) in [6, 6.07) is 15.4. The molecule has 3 aromatic carbocycles. The molecule has 0 saturated carbocycles. The van der Waals surface area contributed by atoms with Crippen molar-refractivity contribution in [2.75, 3.05) is 14.9 Å². The van der Waals surface area contributed by atoms with Crippen molar-refractivity contribution in [2.45, 2.75) is 30.7 Å². The molecule has 0 aromatic heterocycles. The molecule has 1 aliphatic rings. The summed E-state index contributed by atoms with van der Waals surface area (Å²) in [5.74, 6) is -0.375. The van der Waals surface area contributed by atoms with Crippen LogP contribution in [0.25, 0.3) is 0 Å². The highest BCUT2D eigenvalue weighted by molar-refractivity contribution is 7.92. The van der Waals surface area contributed by atoms with Gasteiger partial charge in [0.15, 0.2) is 5.11 Å². The minimum absolute atomic E-state index is 0.133. The van der Waals surface area contributed by atoms with Crippen LogP contribution in [0.2, 0.25) is 10.0 Å². The number of thiocarbonyl (C=S) groups is 1. The Morgan fingerprint density at radius 1 is 1.09 bits per heavy atom. The maximum absolute atomic E-state index is 13.7. The lowest BCUT2D eigenvalue weighted by molar-refractivity contribution is 0.560. The Hall–Kier alpha value is -2.39. The summed E-state index contributed by atoms with van der Waals surface area (Å²) >= 11 is 17.5. The average Bonchev–Trinajstić information content (AvgIpc) is 2.77. The van der Waals surface area contributed by atoms with Gasteiger partial charge in [-0.05, 0) is 92.1 Å². The molecule has 0 aliphatic carbocycles. The van der Waals surface area contributed by atoms with Gasteiger partial charge < -0.3 is 10.6 Å². The zero-order chi connectivity index (χ0) is 23.8. The van der Waals surface area contributed by atoms with Crippen molar-refractivity contribution >= 4 is 67.6 Å². The lowest BCUT2D eigenvalue weighted by Crippen LogP contribution is -2.42. The molecule has 33 heavy (non-hydrogen) atoms. The first-order valence-electron chi connectivity index (χ1n) is 10.1. The topological polar surface area (TPSA) is 61.4 Å². The van der Waals surface area contributed by atoms with Crippen molar-refractivity contribution in [3.8, 4) is 0 Å². The zero-order valence-corrected chi connectivity index (χ0v) is 20.6. The number of aryl methyl sites for hydroxylation is 1. The monoisotopic (exact) mass is 523 g/mol. The number of fused-ring (bicyclic) bond motifs is 1. The predicted molar refractivity (Wildman–Crippen MR) is 137 cm³/mol. The van der Waals surface area contributed by atoms with Crippen molar-refractivity contribution in [1.82, 2.24) is 0 Å². The summed E-state index contributed by atoms with van der Waals surface area (Å²) in [5.41, 5.74) is 2.35. The molecule has 1 unspecified atom stereocenters. The highest BCUT2D eigenvalue weighted by atomic mass is 35.5. The molecule has 10 heteroatoms. The molecule has 5 nitrogen and oxygen atoms in total. The van der Waals surface area contributed by atoms with E-state index in [9.17, 15) is 12.8 Å². The van der Waals surface area contributed by atoms with E-state index < -0.39 is 10.0 Å². The van der Waals surface area contributed by atoms with Gasteiger partial charge in [-0.15, -0.1) is 0 Å². The van der Waals surface area contributed by atoms with E-state index in [1.807, 2.05) is 6.92 Å². The standard InChI is InChI=1S/C23H20Cl2FN3O2S2/c1-14-5-6-15-13-16(26)7-12-21(15)29(14)33(30,31)18-10-8-17(9-11-18)27-23(32)28-20-4-2-3-19(24)22(20)25/h2-4,7-14H,5-6H2,1H3,(H2,27,28,32). The fourth-order valence-corrected chi connectivity index (χ4v) is 6.06. The maximum Gasteiger partial charge on any atom is 0.264 e. The predicted octanol–water partition coefficient (Wildman–Crippen LogP) is 6.47. The van der Waals surface area contributed by atoms with Gasteiger partial charge in [-0.1, -0.05) is 29.3 Å².